The Hall–Kier alpha value is -2.34. The molecule has 0 atom stereocenters. The molecule has 2 aromatic carbocycles. The zero-order valence-electron chi connectivity index (χ0n) is 14.9. The van der Waals surface area contributed by atoms with E-state index >= 15 is 0 Å². The van der Waals surface area contributed by atoms with Crippen LogP contribution in [-0.4, -0.2) is 34.6 Å². The predicted molar refractivity (Wildman–Crippen MR) is 104 cm³/mol. The molecular formula is C21H21FN2O2S. The molecule has 3 aromatic rings. The van der Waals surface area contributed by atoms with Crippen molar-refractivity contribution < 1.29 is 13.6 Å². The van der Waals surface area contributed by atoms with Crippen LogP contribution in [0.3, 0.4) is 0 Å². The Morgan fingerprint density at radius 1 is 1.15 bits per heavy atom. The summed E-state index contributed by atoms with van der Waals surface area (Å²) in [4.78, 5) is 19.5. The van der Waals surface area contributed by atoms with E-state index < -0.39 is 0 Å². The lowest BCUT2D eigenvalue weighted by molar-refractivity contribution is -0.131. The van der Waals surface area contributed by atoms with E-state index in [1.165, 1.54) is 17.8 Å². The fourth-order valence-corrected chi connectivity index (χ4v) is 4.29. The summed E-state index contributed by atoms with van der Waals surface area (Å²) in [5, 5.41) is 0. The number of rotatable bonds is 5. The number of aromatic nitrogens is 1. The second kappa shape index (κ2) is 8.13. The molecule has 1 aromatic heterocycles. The van der Waals surface area contributed by atoms with Gasteiger partial charge in [-0.2, -0.15) is 0 Å². The van der Waals surface area contributed by atoms with Crippen LogP contribution in [-0.2, 0) is 4.79 Å². The summed E-state index contributed by atoms with van der Waals surface area (Å²) >= 11 is 1.39. The van der Waals surface area contributed by atoms with Crippen LogP contribution in [0.25, 0.3) is 11.1 Å². The number of piperidine rings is 1. The Morgan fingerprint density at radius 3 is 2.67 bits per heavy atom. The zero-order valence-corrected chi connectivity index (χ0v) is 15.8. The average molecular weight is 384 g/mol. The lowest BCUT2D eigenvalue weighted by Gasteiger charge is -2.30. The number of benzene rings is 2. The molecule has 1 fully saturated rings. The van der Waals surface area contributed by atoms with Crippen LogP contribution >= 0.6 is 11.8 Å². The third-order valence-electron chi connectivity index (χ3n) is 4.92. The summed E-state index contributed by atoms with van der Waals surface area (Å²) in [6, 6.07) is 14.5. The van der Waals surface area contributed by atoms with Gasteiger partial charge in [-0.15, -0.1) is 11.8 Å². The van der Waals surface area contributed by atoms with E-state index in [9.17, 15) is 9.18 Å². The number of hydrogen-bond donors (Lipinski definition) is 0. The van der Waals surface area contributed by atoms with Gasteiger partial charge in [-0.3, -0.25) is 4.79 Å². The van der Waals surface area contributed by atoms with Crippen molar-refractivity contribution in [2.75, 3.05) is 18.8 Å². The molecule has 140 valence electrons. The molecule has 1 amide bonds. The van der Waals surface area contributed by atoms with Crippen molar-refractivity contribution in [3.63, 3.8) is 0 Å². The highest BCUT2D eigenvalue weighted by Crippen LogP contribution is 2.30. The molecule has 1 saturated heterocycles. The largest absolute Gasteiger partial charge is 0.440 e. The highest BCUT2D eigenvalue weighted by Gasteiger charge is 2.26. The monoisotopic (exact) mass is 384 g/mol. The number of hydrogen-bond acceptors (Lipinski definition) is 4. The van der Waals surface area contributed by atoms with Crippen molar-refractivity contribution in [3.8, 4) is 0 Å². The Balaban J connectivity index is 1.27. The van der Waals surface area contributed by atoms with Crippen LogP contribution in [0, 0.1) is 5.82 Å². The molecule has 2 heterocycles. The van der Waals surface area contributed by atoms with Gasteiger partial charge in [0.25, 0.3) is 0 Å². The highest BCUT2D eigenvalue weighted by atomic mass is 32.2. The molecule has 1 aliphatic rings. The molecule has 1 aliphatic heterocycles. The molecule has 0 N–H and O–H groups in total. The molecule has 27 heavy (non-hydrogen) atoms. The minimum atomic E-state index is -0.228. The van der Waals surface area contributed by atoms with Gasteiger partial charge in [0.2, 0.25) is 5.91 Å². The molecule has 0 unspecified atom stereocenters. The number of halogens is 1. The summed E-state index contributed by atoms with van der Waals surface area (Å²) < 4.78 is 19.5. The molecule has 0 spiro atoms. The van der Waals surface area contributed by atoms with Gasteiger partial charge in [0, 0.05) is 36.1 Å². The number of likely N-dealkylation sites (tertiary alicyclic amines) is 1. The second-order valence-electron chi connectivity index (χ2n) is 6.70. The van der Waals surface area contributed by atoms with Crippen LogP contribution in [0.5, 0.6) is 0 Å². The number of oxazole rings is 1. The van der Waals surface area contributed by atoms with E-state index in [4.69, 9.17) is 4.42 Å². The first kappa shape index (κ1) is 18.0. The summed E-state index contributed by atoms with van der Waals surface area (Å²) in [6.45, 7) is 1.43. The second-order valence-corrected chi connectivity index (χ2v) is 7.84. The average Bonchev–Trinajstić information content (AvgIpc) is 3.14. The Morgan fingerprint density at radius 2 is 1.89 bits per heavy atom. The summed E-state index contributed by atoms with van der Waals surface area (Å²) in [5.41, 5.74) is 1.70. The maximum Gasteiger partial charge on any atom is 0.223 e. The van der Waals surface area contributed by atoms with Gasteiger partial charge >= 0.3 is 0 Å². The third-order valence-corrected chi connectivity index (χ3v) is 5.97. The van der Waals surface area contributed by atoms with Crippen molar-refractivity contribution in [1.82, 2.24) is 9.88 Å². The van der Waals surface area contributed by atoms with E-state index in [-0.39, 0.29) is 17.6 Å². The van der Waals surface area contributed by atoms with Crippen LogP contribution in [0.4, 0.5) is 4.39 Å². The normalized spacial score (nSPS) is 15.4. The van der Waals surface area contributed by atoms with Crippen molar-refractivity contribution in [3.05, 3.63) is 60.2 Å². The van der Waals surface area contributed by atoms with Gasteiger partial charge in [-0.25, -0.2) is 9.37 Å². The molecule has 6 heteroatoms. The van der Waals surface area contributed by atoms with Crippen molar-refractivity contribution in [2.45, 2.75) is 30.1 Å². The van der Waals surface area contributed by atoms with Gasteiger partial charge in [-0.1, -0.05) is 24.3 Å². The Bertz CT molecular complexity index is 902. The van der Waals surface area contributed by atoms with Crippen molar-refractivity contribution in [2.24, 2.45) is 0 Å². The molecule has 4 rings (SSSR count). The number of carbonyl (C=O) groups is 1. The molecule has 4 nitrogen and oxygen atoms in total. The van der Waals surface area contributed by atoms with E-state index in [0.29, 0.717) is 30.2 Å². The van der Waals surface area contributed by atoms with Crippen molar-refractivity contribution >= 4 is 28.8 Å². The molecule has 0 aliphatic carbocycles. The number of amides is 1. The first-order chi connectivity index (χ1) is 13.2. The summed E-state index contributed by atoms with van der Waals surface area (Å²) in [5.74, 6) is 1.53. The number of carbonyl (C=O) groups excluding carboxylic acids is 1. The number of thioether (sulfide) groups is 1. The quantitative estimate of drug-likeness (QED) is 0.590. The summed E-state index contributed by atoms with van der Waals surface area (Å²) in [7, 11) is 0. The third kappa shape index (κ3) is 4.16. The fourth-order valence-electron chi connectivity index (χ4n) is 3.41. The van der Waals surface area contributed by atoms with Gasteiger partial charge in [0.1, 0.15) is 11.3 Å². The first-order valence-corrected chi connectivity index (χ1v) is 10.2. The van der Waals surface area contributed by atoms with Gasteiger partial charge in [-0.05, 0) is 37.1 Å². The number of para-hydroxylation sites is 2. The van der Waals surface area contributed by atoms with Crippen molar-refractivity contribution in [1.29, 1.82) is 0 Å². The Labute approximate surface area is 161 Å². The molecule has 0 bridgehead atoms. The Kier molecular flexibility index (Phi) is 5.43. The lowest BCUT2D eigenvalue weighted by atomic mass is 9.96. The standard InChI is InChI=1S/C21H21FN2O2S/c22-16-5-1-4-8-19(16)27-14-11-20(25)24-12-9-15(10-13-24)21-23-17-6-2-3-7-18(17)26-21/h1-8,15H,9-14H2. The maximum atomic E-state index is 13.6. The first-order valence-electron chi connectivity index (χ1n) is 9.21. The molecule has 0 radical (unpaired) electrons. The topological polar surface area (TPSA) is 46.3 Å². The molecule has 0 saturated carbocycles. The van der Waals surface area contributed by atoms with Crippen LogP contribution in [0.2, 0.25) is 0 Å². The lowest BCUT2D eigenvalue weighted by Crippen LogP contribution is -2.38. The van der Waals surface area contributed by atoms with Crippen LogP contribution in [0.1, 0.15) is 31.1 Å². The maximum absolute atomic E-state index is 13.6. The smallest absolute Gasteiger partial charge is 0.223 e. The molecular weight excluding hydrogens is 363 g/mol. The van der Waals surface area contributed by atoms with Crippen LogP contribution in [0.15, 0.2) is 57.8 Å². The fraction of sp³-hybridized carbons (Fsp3) is 0.333. The minimum absolute atomic E-state index is 0.134. The number of fused-ring (bicyclic) bond motifs is 1. The van der Waals surface area contributed by atoms with E-state index in [1.807, 2.05) is 35.2 Å². The minimum Gasteiger partial charge on any atom is -0.440 e. The zero-order chi connectivity index (χ0) is 18.6. The highest BCUT2D eigenvalue weighted by molar-refractivity contribution is 7.99. The van der Waals surface area contributed by atoms with Gasteiger partial charge < -0.3 is 9.32 Å². The van der Waals surface area contributed by atoms with Gasteiger partial charge in [0.15, 0.2) is 11.5 Å². The van der Waals surface area contributed by atoms with Gasteiger partial charge in [0.05, 0.1) is 0 Å². The van der Waals surface area contributed by atoms with E-state index in [2.05, 4.69) is 4.98 Å². The van der Waals surface area contributed by atoms with E-state index in [0.717, 1.165) is 29.8 Å². The predicted octanol–water partition coefficient (Wildman–Crippen LogP) is 4.86. The van der Waals surface area contributed by atoms with Crippen LogP contribution < -0.4 is 0 Å². The number of nitrogens with zero attached hydrogens (tertiary/aromatic N) is 2. The van der Waals surface area contributed by atoms with E-state index in [1.54, 1.807) is 12.1 Å². The SMILES string of the molecule is O=C(CCSc1ccccc1F)N1CCC(c2nc3ccccc3o2)CC1. The summed E-state index contributed by atoms with van der Waals surface area (Å²) in [6.07, 6.45) is 2.14.